The molecule has 0 aliphatic rings. The number of hydrogen-bond acceptors (Lipinski definition) is 4. The summed E-state index contributed by atoms with van der Waals surface area (Å²) in [6, 6.07) is 16.8. The predicted molar refractivity (Wildman–Crippen MR) is 146 cm³/mol. The first-order valence-corrected chi connectivity index (χ1v) is 12.7. The lowest BCUT2D eigenvalue weighted by molar-refractivity contribution is -0.158. The fourth-order valence-corrected chi connectivity index (χ4v) is 4.36. The number of nitrogens with zero attached hydrogens (tertiary/aromatic N) is 1. The van der Waals surface area contributed by atoms with Crippen molar-refractivity contribution in [1.29, 1.82) is 0 Å². The first kappa shape index (κ1) is 27.7. The Balaban J connectivity index is 1.81. The van der Waals surface area contributed by atoms with E-state index < -0.39 is 29.4 Å². The molecule has 0 saturated heterocycles. The van der Waals surface area contributed by atoms with Crippen LogP contribution in [0.4, 0.5) is 4.79 Å². The van der Waals surface area contributed by atoms with E-state index in [2.05, 4.69) is 16.9 Å². The lowest BCUT2D eigenvalue weighted by atomic mass is 9.98. The average molecular weight is 504 g/mol. The number of aromatic nitrogens is 1. The second-order valence-electron chi connectivity index (χ2n) is 10.1. The van der Waals surface area contributed by atoms with E-state index in [4.69, 9.17) is 4.74 Å². The number of aromatic amines is 1. The molecule has 0 aliphatic heterocycles. The summed E-state index contributed by atoms with van der Waals surface area (Å²) in [5.41, 5.74) is 2.36. The molecule has 1 heterocycles. The van der Waals surface area contributed by atoms with Crippen LogP contribution in [0.25, 0.3) is 10.9 Å². The van der Waals surface area contributed by atoms with Crippen LogP contribution in [0.2, 0.25) is 0 Å². The maximum Gasteiger partial charge on any atom is 0.324 e. The number of hydrogen-bond donors (Lipinski definition) is 2. The Morgan fingerprint density at radius 2 is 1.76 bits per heavy atom. The Bertz CT molecular complexity index is 1230. The summed E-state index contributed by atoms with van der Waals surface area (Å²) in [7, 11) is 0. The maximum atomic E-state index is 13.5. The van der Waals surface area contributed by atoms with Crippen LogP contribution in [0.1, 0.15) is 57.7 Å². The van der Waals surface area contributed by atoms with Gasteiger partial charge < -0.3 is 15.0 Å². The van der Waals surface area contributed by atoms with Gasteiger partial charge in [-0.25, -0.2) is 4.79 Å². The van der Waals surface area contributed by atoms with E-state index in [1.54, 1.807) is 33.8 Å². The van der Waals surface area contributed by atoms with Crippen molar-refractivity contribution >= 4 is 28.8 Å². The highest BCUT2D eigenvalue weighted by Gasteiger charge is 2.31. The van der Waals surface area contributed by atoms with Crippen molar-refractivity contribution in [3.05, 3.63) is 84.6 Å². The van der Waals surface area contributed by atoms with E-state index in [-0.39, 0.29) is 25.4 Å². The van der Waals surface area contributed by atoms with E-state index in [9.17, 15) is 14.4 Å². The fourth-order valence-electron chi connectivity index (χ4n) is 4.36. The van der Waals surface area contributed by atoms with Gasteiger partial charge in [0.1, 0.15) is 5.60 Å². The van der Waals surface area contributed by atoms with Crippen molar-refractivity contribution in [1.82, 2.24) is 15.2 Å². The molecule has 3 rings (SSSR count). The summed E-state index contributed by atoms with van der Waals surface area (Å²) < 4.78 is 5.41. The molecule has 7 nitrogen and oxygen atoms in total. The van der Waals surface area contributed by atoms with E-state index in [0.29, 0.717) is 6.42 Å². The van der Waals surface area contributed by atoms with Gasteiger partial charge in [0.15, 0.2) is 0 Å². The van der Waals surface area contributed by atoms with E-state index in [0.717, 1.165) is 22.0 Å². The van der Waals surface area contributed by atoms with Crippen LogP contribution in [0, 0.1) is 5.92 Å². The van der Waals surface area contributed by atoms with Gasteiger partial charge in [0, 0.05) is 23.6 Å². The molecule has 2 aromatic carbocycles. The SMILES string of the molecule is C=CCC(CC(=O)OC(C)(C)C)C(=O)N(CC)C(=O)NC(Cc1c[nH]c2ccccc12)c1ccccc1. The van der Waals surface area contributed by atoms with E-state index in [1.807, 2.05) is 60.8 Å². The van der Waals surface area contributed by atoms with Crippen LogP contribution in [-0.2, 0) is 20.7 Å². The average Bonchev–Trinajstić information content (AvgIpc) is 3.26. The minimum Gasteiger partial charge on any atom is -0.460 e. The van der Waals surface area contributed by atoms with Gasteiger partial charge in [-0.05, 0) is 57.7 Å². The monoisotopic (exact) mass is 503 g/mol. The third kappa shape index (κ3) is 7.56. The fraction of sp³-hybridized carbons (Fsp3) is 0.367. The number of imide groups is 1. The number of H-pyrrole nitrogens is 1. The molecule has 0 saturated carbocycles. The van der Waals surface area contributed by atoms with Crippen LogP contribution in [0.5, 0.6) is 0 Å². The predicted octanol–water partition coefficient (Wildman–Crippen LogP) is 5.93. The summed E-state index contributed by atoms with van der Waals surface area (Å²) in [6.07, 6.45) is 4.22. The number of ether oxygens (including phenoxy) is 1. The van der Waals surface area contributed by atoms with Gasteiger partial charge in [-0.15, -0.1) is 6.58 Å². The van der Waals surface area contributed by atoms with Crippen LogP contribution in [0.15, 0.2) is 73.4 Å². The zero-order chi connectivity index (χ0) is 27.0. The number of nitrogens with one attached hydrogen (secondary N) is 2. The Kier molecular flexibility index (Phi) is 9.28. The van der Waals surface area contributed by atoms with Crippen LogP contribution in [0.3, 0.4) is 0 Å². The molecule has 3 amide bonds. The smallest absolute Gasteiger partial charge is 0.324 e. The Hall–Kier alpha value is -3.87. The van der Waals surface area contributed by atoms with Crippen molar-refractivity contribution in [3.8, 4) is 0 Å². The Morgan fingerprint density at radius 1 is 1.08 bits per heavy atom. The van der Waals surface area contributed by atoms with Gasteiger partial charge in [-0.3, -0.25) is 14.5 Å². The molecule has 196 valence electrons. The minimum absolute atomic E-state index is 0.122. The number of benzene rings is 2. The molecule has 2 N–H and O–H groups in total. The highest BCUT2D eigenvalue weighted by Crippen LogP contribution is 2.25. The first-order chi connectivity index (χ1) is 17.6. The Labute approximate surface area is 218 Å². The number of para-hydroxylation sites is 1. The van der Waals surface area contributed by atoms with Crippen LogP contribution >= 0.6 is 0 Å². The third-order valence-corrected chi connectivity index (χ3v) is 6.06. The molecule has 3 aromatic rings. The molecule has 0 bridgehead atoms. The quantitative estimate of drug-likeness (QED) is 0.265. The second kappa shape index (κ2) is 12.4. The van der Waals surface area contributed by atoms with E-state index >= 15 is 0 Å². The van der Waals surface area contributed by atoms with Gasteiger partial charge in [0.05, 0.1) is 18.4 Å². The summed E-state index contributed by atoms with van der Waals surface area (Å²) in [6.45, 7) is 11.0. The summed E-state index contributed by atoms with van der Waals surface area (Å²) >= 11 is 0. The number of carbonyl (C=O) groups excluding carboxylic acids is 3. The number of urea groups is 1. The van der Waals surface area contributed by atoms with E-state index in [1.165, 1.54) is 4.90 Å². The van der Waals surface area contributed by atoms with Crippen LogP contribution < -0.4 is 5.32 Å². The highest BCUT2D eigenvalue weighted by molar-refractivity contribution is 5.97. The maximum absolute atomic E-state index is 13.5. The van der Waals surface area contributed by atoms with Gasteiger partial charge in [-0.2, -0.15) is 0 Å². The molecule has 1 aromatic heterocycles. The van der Waals surface area contributed by atoms with Crippen molar-refractivity contribution in [2.24, 2.45) is 5.92 Å². The van der Waals surface area contributed by atoms with Crippen molar-refractivity contribution in [2.45, 2.75) is 58.6 Å². The van der Waals surface area contributed by atoms with Crippen molar-refractivity contribution < 1.29 is 19.1 Å². The number of fused-ring (bicyclic) bond motifs is 1. The van der Waals surface area contributed by atoms with Crippen molar-refractivity contribution in [3.63, 3.8) is 0 Å². The van der Waals surface area contributed by atoms with Gasteiger partial charge >= 0.3 is 12.0 Å². The summed E-state index contributed by atoms with van der Waals surface area (Å²) in [5, 5.41) is 4.15. The van der Waals surface area contributed by atoms with Gasteiger partial charge in [0.2, 0.25) is 5.91 Å². The third-order valence-electron chi connectivity index (χ3n) is 6.06. The number of allylic oxidation sites excluding steroid dienone is 1. The number of rotatable bonds is 10. The lowest BCUT2D eigenvalue weighted by Crippen LogP contribution is -2.48. The topological polar surface area (TPSA) is 91.5 Å². The van der Waals surface area contributed by atoms with Gasteiger partial charge in [0.25, 0.3) is 0 Å². The second-order valence-corrected chi connectivity index (χ2v) is 10.1. The molecule has 37 heavy (non-hydrogen) atoms. The summed E-state index contributed by atoms with van der Waals surface area (Å²) in [4.78, 5) is 43.8. The molecular weight excluding hydrogens is 466 g/mol. The molecule has 0 spiro atoms. The largest absolute Gasteiger partial charge is 0.460 e. The Morgan fingerprint density at radius 3 is 2.41 bits per heavy atom. The van der Waals surface area contributed by atoms with Crippen LogP contribution in [-0.4, -0.2) is 39.9 Å². The number of amides is 3. The molecule has 0 fully saturated rings. The zero-order valence-corrected chi connectivity index (χ0v) is 22.1. The molecule has 2 atom stereocenters. The standard InChI is InChI=1S/C30H37N3O4/c1-6-13-22(19-27(34)37-30(3,4)5)28(35)33(7-2)29(36)32-26(21-14-9-8-10-15-21)18-23-20-31-25-17-12-11-16-24(23)25/h6,8-12,14-17,20,22,26,31H,1,7,13,18-19H2,2-5H3,(H,32,36). The number of carbonyl (C=O) groups is 3. The molecular formula is C30H37N3O4. The van der Waals surface area contributed by atoms with Crippen molar-refractivity contribution in [2.75, 3.05) is 6.54 Å². The highest BCUT2D eigenvalue weighted by atomic mass is 16.6. The zero-order valence-electron chi connectivity index (χ0n) is 22.1. The van der Waals surface area contributed by atoms with Gasteiger partial charge in [-0.1, -0.05) is 54.6 Å². The lowest BCUT2D eigenvalue weighted by Gasteiger charge is -2.28. The summed E-state index contributed by atoms with van der Waals surface area (Å²) in [5.74, 6) is -1.64. The molecule has 0 radical (unpaired) electrons. The molecule has 0 aliphatic carbocycles. The normalized spacial score (nSPS) is 13.0. The first-order valence-electron chi connectivity index (χ1n) is 12.7. The minimum atomic E-state index is -0.734. The number of esters is 1. The molecule has 7 heteroatoms. The molecule has 2 unspecified atom stereocenters.